The number of methoxy groups -OCH3 is 2. The standard InChI is InChI=1S/C26H43N5O7/c1-25(2,3)19(29-23(35)37-7)21(33)28-17(14-16-12-10-9-11-13-16)18(32)15-27-31-22(34)20(26(4,5)6)30-24(36)38-8/h9-13,17-20,27,32H,14-15H2,1-8H3,(H,28,33)(H,29,35)(H,30,36)(H,31,34)/t17-,18+,19+,20-/m1/s1. The predicted molar refractivity (Wildman–Crippen MR) is 142 cm³/mol. The van der Waals surface area contributed by atoms with Gasteiger partial charge in [-0.1, -0.05) is 71.9 Å². The smallest absolute Gasteiger partial charge is 0.407 e. The molecule has 6 N–H and O–H groups in total. The molecule has 0 aliphatic heterocycles. The van der Waals surface area contributed by atoms with E-state index in [4.69, 9.17) is 0 Å². The minimum absolute atomic E-state index is 0.122. The van der Waals surface area contributed by atoms with Crippen LogP contribution in [0.5, 0.6) is 0 Å². The second-order valence-corrected chi connectivity index (χ2v) is 11.1. The second-order valence-electron chi connectivity index (χ2n) is 11.1. The van der Waals surface area contributed by atoms with E-state index in [1.807, 2.05) is 30.3 Å². The Morgan fingerprint density at radius 2 is 1.26 bits per heavy atom. The van der Waals surface area contributed by atoms with Gasteiger partial charge in [0.05, 0.1) is 26.4 Å². The van der Waals surface area contributed by atoms with E-state index in [1.54, 1.807) is 41.5 Å². The highest BCUT2D eigenvalue weighted by molar-refractivity contribution is 5.87. The quantitative estimate of drug-likeness (QED) is 0.229. The molecule has 0 saturated carbocycles. The third-order valence-electron chi connectivity index (χ3n) is 5.76. The van der Waals surface area contributed by atoms with Crippen LogP contribution in [0.25, 0.3) is 0 Å². The van der Waals surface area contributed by atoms with Crippen LogP contribution in [0.1, 0.15) is 47.1 Å². The number of hydrogen-bond acceptors (Lipinski definition) is 8. The number of carbonyl (C=O) groups excluding carboxylic acids is 4. The van der Waals surface area contributed by atoms with Gasteiger partial charge in [-0.05, 0) is 22.8 Å². The molecule has 0 aliphatic rings. The molecule has 0 fully saturated rings. The van der Waals surface area contributed by atoms with Gasteiger partial charge < -0.3 is 30.5 Å². The van der Waals surface area contributed by atoms with Crippen molar-refractivity contribution in [1.82, 2.24) is 26.8 Å². The van der Waals surface area contributed by atoms with Crippen molar-refractivity contribution < 1.29 is 33.8 Å². The topological polar surface area (TPSA) is 167 Å². The van der Waals surface area contributed by atoms with E-state index >= 15 is 0 Å². The largest absolute Gasteiger partial charge is 0.453 e. The summed E-state index contributed by atoms with van der Waals surface area (Å²) >= 11 is 0. The van der Waals surface area contributed by atoms with E-state index in [-0.39, 0.29) is 13.0 Å². The minimum Gasteiger partial charge on any atom is -0.453 e. The summed E-state index contributed by atoms with van der Waals surface area (Å²) in [6.07, 6.45) is -2.36. The molecule has 12 heteroatoms. The molecule has 0 spiro atoms. The molecular weight excluding hydrogens is 494 g/mol. The number of hydrazine groups is 1. The minimum atomic E-state index is -1.14. The molecule has 12 nitrogen and oxygen atoms in total. The van der Waals surface area contributed by atoms with E-state index in [2.05, 4.69) is 36.3 Å². The van der Waals surface area contributed by atoms with E-state index in [0.29, 0.717) is 0 Å². The van der Waals surface area contributed by atoms with Gasteiger partial charge in [-0.25, -0.2) is 15.0 Å². The molecule has 1 aromatic rings. The Morgan fingerprint density at radius 1 is 0.789 bits per heavy atom. The number of amides is 4. The fourth-order valence-electron chi connectivity index (χ4n) is 3.58. The van der Waals surface area contributed by atoms with Gasteiger partial charge in [-0.15, -0.1) is 0 Å². The first-order chi connectivity index (χ1) is 17.6. The van der Waals surface area contributed by atoms with E-state index in [1.165, 1.54) is 14.2 Å². The molecule has 4 atom stereocenters. The lowest BCUT2D eigenvalue weighted by Crippen LogP contribution is -2.60. The third-order valence-corrected chi connectivity index (χ3v) is 5.76. The highest BCUT2D eigenvalue weighted by Crippen LogP contribution is 2.21. The van der Waals surface area contributed by atoms with Crippen molar-refractivity contribution in [3.63, 3.8) is 0 Å². The normalized spacial score (nSPS) is 14.8. The third kappa shape index (κ3) is 10.9. The molecule has 4 amide bonds. The lowest BCUT2D eigenvalue weighted by atomic mass is 9.85. The van der Waals surface area contributed by atoms with Crippen LogP contribution in [-0.4, -0.2) is 74.1 Å². The number of rotatable bonds is 11. The van der Waals surface area contributed by atoms with Crippen LogP contribution in [0.15, 0.2) is 30.3 Å². The summed E-state index contributed by atoms with van der Waals surface area (Å²) in [5.74, 6) is -1.03. The van der Waals surface area contributed by atoms with Crippen molar-refractivity contribution in [3.8, 4) is 0 Å². The van der Waals surface area contributed by atoms with Gasteiger partial charge >= 0.3 is 12.2 Å². The molecule has 38 heavy (non-hydrogen) atoms. The molecule has 214 valence electrons. The SMILES string of the molecule is COC(=O)N[C@H](C(=O)NNC[C@H](O)[C@@H](Cc1ccccc1)NC(=O)[C@H](NC(=O)OC)C(C)(C)C)C(C)(C)C. The number of aliphatic hydroxyl groups is 1. The summed E-state index contributed by atoms with van der Waals surface area (Å²) in [6, 6.07) is 6.64. The zero-order valence-electron chi connectivity index (χ0n) is 23.5. The molecule has 1 rings (SSSR count). The highest BCUT2D eigenvalue weighted by atomic mass is 16.5. The van der Waals surface area contributed by atoms with Crippen LogP contribution in [0.4, 0.5) is 9.59 Å². The number of aliphatic hydroxyl groups excluding tert-OH is 1. The Morgan fingerprint density at radius 3 is 1.71 bits per heavy atom. The van der Waals surface area contributed by atoms with Crippen molar-refractivity contribution in [2.75, 3.05) is 20.8 Å². The highest BCUT2D eigenvalue weighted by Gasteiger charge is 2.36. The number of alkyl carbamates (subject to hydrolysis) is 2. The number of carbonyl (C=O) groups is 4. The average molecular weight is 538 g/mol. The average Bonchev–Trinajstić information content (AvgIpc) is 2.83. The Labute approximate surface area is 224 Å². The van der Waals surface area contributed by atoms with Gasteiger partial charge in [0.2, 0.25) is 5.91 Å². The maximum atomic E-state index is 13.2. The van der Waals surface area contributed by atoms with Gasteiger partial charge in [0.1, 0.15) is 12.1 Å². The molecule has 0 heterocycles. The lowest BCUT2D eigenvalue weighted by Gasteiger charge is -2.33. The number of hydrogen-bond donors (Lipinski definition) is 6. The van der Waals surface area contributed by atoms with Gasteiger partial charge in [0.15, 0.2) is 0 Å². The first-order valence-corrected chi connectivity index (χ1v) is 12.3. The number of nitrogens with one attached hydrogen (secondary N) is 5. The van der Waals surface area contributed by atoms with Crippen molar-refractivity contribution in [1.29, 1.82) is 0 Å². The van der Waals surface area contributed by atoms with Crippen LogP contribution in [0, 0.1) is 10.8 Å². The Kier molecular flexibility index (Phi) is 12.5. The van der Waals surface area contributed by atoms with Crippen molar-refractivity contribution in [2.45, 2.75) is 72.2 Å². The van der Waals surface area contributed by atoms with E-state index < -0.39 is 59.1 Å². The number of ether oxygens (including phenoxy) is 2. The molecule has 0 saturated heterocycles. The van der Waals surface area contributed by atoms with Gasteiger partial charge in [0, 0.05) is 6.54 Å². The molecule has 0 radical (unpaired) electrons. The van der Waals surface area contributed by atoms with Crippen LogP contribution < -0.4 is 26.8 Å². The molecule has 0 aliphatic carbocycles. The summed E-state index contributed by atoms with van der Waals surface area (Å²) in [5, 5.41) is 18.9. The molecule has 0 unspecified atom stereocenters. The molecule has 0 aromatic heterocycles. The predicted octanol–water partition coefficient (Wildman–Crippen LogP) is 1.24. The van der Waals surface area contributed by atoms with Gasteiger partial charge in [-0.2, -0.15) is 0 Å². The zero-order valence-corrected chi connectivity index (χ0v) is 23.5. The van der Waals surface area contributed by atoms with Crippen molar-refractivity contribution in [2.24, 2.45) is 10.8 Å². The lowest BCUT2D eigenvalue weighted by molar-refractivity contribution is -0.128. The zero-order chi connectivity index (χ0) is 29.1. The number of benzene rings is 1. The summed E-state index contributed by atoms with van der Waals surface area (Å²) in [7, 11) is 2.41. The summed E-state index contributed by atoms with van der Waals surface area (Å²) < 4.78 is 9.26. The monoisotopic (exact) mass is 537 g/mol. The van der Waals surface area contributed by atoms with Crippen LogP contribution >= 0.6 is 0 Å². The first-order valence-electron chi connectivity index (χ1n) is 12.3. The summed E-state index contributed by atoms with van der Waals surface area (Å²) in [6.45, 7) is 10.6. The molecular formula is C26H43N5O7. The molecule has 0 bridgehead atoms. The van der Waals surface area contributed by atoms with Gasteiger partial charge in [-0.3, -0.25) is 15.0 Å². The summed E-state index contributed by atoms with van der Waals surface area (Å²) in [4.78, 5) is 49.5. The first kappa shape index (κ1) is 32.6. The van der Waals surface area contributed by atoms with Crippen LogP contribution in [-0.2, 0) is 25.5 Å². The Hall–Kier alpha value is -3.38. The van der Waals surface area contributed by atoms with E-state index in [9.17, 15) is 24.3 Å². The van der Waals surface area contributed by atoms with Crippen LogP contribution in [0.2, 0.25) is 0 Å². The van der Waals surface area contributed by atoms with Gasteiger partial charge in [0.25, 0.3) is 5.91 Å². The fraction of sp³-hybridized carbons (Fsp3) is 0.615. The Bertz CT molecular complexity index is 928. The molecule has 1 aromatic carbocycles. The van der Waals surface area contributed by atoms with E-state index in [0.717, 1.165) is 5.56 Å². The summed E-state index contributed by atoms with van der Waals surface area (Å²) in [5.41, 5.74) is 4.77. The van der Waals surface area contributed by atoms with Crippen molar-refractivity contribution >= 4 is 24.0 Å². The van der Waals surface area contributed by atoms with Crippen molar-refractivity contribution in [3.05, 3.63) is 35.9 Å². The maximum Gasteiger partial charge on any atom is 0.407 e. The second kappa shape index (κ2) is 14.5. The fourth-order valence-corrected chi connectivity index (χ4v) is 3.58. The maximum absolute atomic E-state index is 13.2. The Balaban J connectivity index is 2.99. The van der Waals surface area contributed by atoms with Crippen LogP contribution in [0.3, 0.4) is 0 Å².